The van der Waals surface area contributed by atoms with Gasteiger partial charge in [-0.15, -0.1) is 0 Å². The number of hydrogen-bond donors (Lipinski definition) is 0. The summed E-state index contributed by atoms with van der Waals surface area (Å²) in [6.07, 6.45) is 14.8. The average Bonchev–Trinajstić information content (AvgIpc) is 2.87. The van der Waals surface area contributed by atoms with E-state index < -0.39 is 0 Å². The van der Waals surface area contributed by atoms with Crippen LogP contribution in [0.15, 0.2) is 65.2 Å². The number of benzene rings is 1. The predicted octanol–water partition coefficient (Wildman–Crippen LogP) is 5.84. The molecule has 0 N–H and O–H groups in total. The summed E-state index contributed by atoms with van der Waals surface area (Å²) in [6.45, 7) is 14.4. The molecule has 0 aromatic heterocycles. The van der Waals surface area contributed by atoms with Crippen molar-refractivity contribution in [3.05, 3.63) is 71.3 Å². The zero-order chi connectivity index (χ0) is 24.3. The molecule has 2 aliphatic rings. The van der Waals surface area contributed by atoms with Crippen LogP contribution in [0, 0.1) is 0 Å². The van der Waals surface area contributed by atoms with Gasteiger partial charge in [0.2, 0.25) is 5.91 Å². The maximum atomic E-state index is 11.6. The van der Waals surface area contributed by atoms with Crippen molar-refractivity contribution in [1.29, 1.82) is 0 Å². The fraction of sp³-hybridized carbons (Fsp3) is 0.517. The minimum atomic E-state index is 0.149. The highest BCUT2D eigenvalue weighted by molar-refractivity contribution is 6.09. The van der Waals surface area contributed by atoms with Crippen LogP contribution in [-0.2, 0) is 11.2 Å². The van der Waals surface area contributed by atoms with Crippen LogP contribution in [0.25, 0.3) is 0 Å². The highest BCUT2D eigenvalue weighted by atomic mass is 16.2. The normalized spacial score (nSPS) is 21.6. The maximum absolute atomic E-state index is 11.6. The summed E-state index contributed by atoms with van der Waals surface area (Å²) in [5.74, 6) is 0.286. The Morgan fingerprint density at radius 3 is 2.36 bits per heavy atom. The second-order valence-corrected chi connectivity index (χ2v) is 9.08. The van der Waals surface area contributed by atoms with Crippen molar-refractivity contribution in [1.82, 2.24) is 9.80 Å². The standard InChI is InChI=1S/C15H21N.C14H22N2O/c1-5-12(3)10-15(16-4)14-9-7-8-13(6-2)11-14;1-3-13(17)15-9-11-16(12-10-15)14(2)7-5-4-6-8-14/h7-11H,5-6H2,1-4H3;4-7H,3,8-12H2,1-2H3/b12-10+,16-15?;. The van der Waals surface area contributed by atoms with Crippen LogP contribution in [0.2, 0.25) is 0 Å². The van der Waals surface area contributed by atoms with Crippen LogP contribution < -0.4 is 0 Å². The molecule has 1 atom stereocenters. The van der Waals surface area contributed by atoms with Gasteiger partial charge in [-0.2, -0.15) is 0 Å². The van der Waals surface area contributed by atoms with E-state index in [0.717, 1.165) is 51.2 Å². The van der Waals surface area contributed by atoms with E-state index in [4.69, 9.17) is 0 Å². The molecule has 1 aromatic rings. The quantitative estimate of drug-likeness (QED) is 0.512. The highest BCUT2D eigenvalue weighted by Gasteiger charge is 2.32. The molecular formula is C29H43N3O. The molecule has 1 aliphatic carbocycles. The summed E-state index contributed by atoms with van der Waals surface area (Å²) in [6, 6.07) is 8.62. The van der Waals surface area contributed by atoms with E-state index in [1.807, 2.05) is 18.9 Å². The Labute approximate surface area is 201 Å². The van der Waals surface area contributed by atoms with Crippen LogP contribution in [0.4, 0.5) is 0 Å². The molecule has 1 heterocycles. The molecular weight excluding hydrogens is 406 g/mol. The summed E-state index contributed by atoms with van der Waals surface area (Å²) in [7, 11) is 1.85. The van der Waals surface area contributed by atoms with Crippen LogP contribution in [0.3, 0.4) is 0 Å². The number of carbonyl (C=O) groups excluding carboxylic acids is 1. The molecule has 1 aromatic carbocycles. The number of hydrogen-bond acceptors (Lipinski definition) is 3. The second-order valence-electron chi connectivity index (χ2n) is 9.08. The topological polar surface area (TPSA) is 35.9 Å². The van der Waals surface area contributed by atoms with Gasteiger partial charge in [0.25, 0.3) is 0 Å². The first kappa shape index (κ1) is 26.8. The number of allylic oxidation sites excluding steroid dienone is 4. The van der Waals surface area contributed by atoms with E-state index in [-0.39, 0.29) is 11.4 Å². The van der Waals surface area contributed by atoms with Crippen LogP contribution >= 0.6 is 0 Å². The molecule has 180 valence electrons. The van der Waals surface area contributed by atoms with E-state index in [2.05, 4.69) is 92.2 Å². The monoisotopic (exact) mass is 449 g/mol. The summed E-state index contributed by atoms with van der Waals surface area (Å²) in [4.78, 5) is 20.5. The number of nitrogens with zero attached hydrogens (tertiary/aromatic N) is 3. The van der Waals surface area contributed by atoms with Gasteiger partial charge in [0.05, 0.1) is 5.71 Å². The molecule has 33 heavy (non-hydrogen) atoms. The van der Waals surface area contributed by atoms with Crippen molar-refractivity contribution in [2.24, 2.45) is 4.99 Å². The molecule has 1 unspecified atom stereocenters. The molecule has 3 rings (SSSR count). The number of amides is 1. The molecule has 0 radical (unpaired) electrons. The third-order valence-corrected chi connectivity index (χ3v) is 6.70. The number of rotatable bonds is 6. The van der Waals surface area contributed by atoms with E-state index in [1.165, 1.54) is 16.7 Å². The van der Waals surface area contributed by atoms with E-state index in [1.54, 1.807) is 0 Å². The SMILES string of the molecule is CC/C(C)=C/C(=NC)c1cccc(CC)c1.CCC(=O)N1CCN(C2(C)C=CC=CC2)CC1. The summed E-state index contributed by atoms with van der Waals surface area (Å²) < 4.78 is 0. The highest BCUT2D eigenvalue weighted by Crippen LogP contribution is 2.26. The van der Waals surface area contributed by atoms with Crippen molar-refractivity contribution in [2.45, 2.75) is 65.8 Å². The van der Waals surface area contributed by atoms with Gasteiger partial charge >= 0.3 is 0 Å². The van der Waals surface area contributed by atoms with E-state index in [9.17, 15) is 4.79 Å². The summed E-state index contributed by atoms with van der Waals surface area (Å²) in [5, 5.41) is 0. The Hall–Kier alpha value is -2.46. The van der Waals surface area contributed by atoms with Gasteiger partial charge in [0.1, 0.15) is 0 Å². The van der Waals surface area contributed by atoms with Crippen LogP contribution in [0.5, 0.6) is 0 Å². The van der Waals surface area contributed by atoms with Gasteiger partial charge in [0, 0.05) is 45.2 Å². The van der Waals surface area contributed by atoms with Crippen molar-refractivity contribution >= 4 is 11.6 Å². The second kappa shape index (κ2) is 13.3. The lowest BCUT2D eigenvalue weighted by atomic mass is 9.91. The number of piperazine rings is 1. The molecule has 1 saturated heterocycles. The molecule has 0 saturated carbocycles. The lowest BCUT2D eigenvalue weighted by Gasteiger charge is -2.44. The molecule has 4 heteroatoms. The van der Waals surface area contributed by atoms with Gasteiger partial charge in [-0.3, -0.25) is 14.7 Å². The Balaban J connectivity index is 0.000000234. The molecule has 0 bridgehead atoms. The fourth-order valence-corrected chi connectivity index (χ4v) is 4.20. The minimum absolute atomic E-state index is 0.149. The van der Waals surface area contributed by atoms with Crippen molar-refractivity contribution < 1.29 is 4.79 Å². The average molecular weight is 450 g/mol. The third kappa shape index (κ3) is 7.82. The van der Waals surface area contributed by atoms with Crippen molar-refractivity contribution in [3.63, 3.8) is 0 Å². The van der Waals surface area contributed by atoms with Gasteiger partial charge in [-0.25, -0.2) is 0 Å². The Bertz CT molecular complexity index is 888. The van der Waals surface area contributed by atoms with Gasteiger partial charge < -0.3 is 4.90 Å². The third-order valence-electron chi connectivity index (χ3n) is 6.70. The Morgan fingerprint density at radius 2 is 1.82 bits per heavy atom. The first-order valence-corrected chi connectivity index (χ1v) is 12.5. The van der Waals surface area contributed by atoms with Crippen molar-refractivity contribution in [3.8, 4) is 0 Å². The van der Waals surface area contributed by atoms with Crippen LogP contribution in [0.1, 0.15) is 65.0 Å². The predicted molar refractivity (Wildman–Crippen MR) is 142 cm³/mol. The fourth-order valence-electron chi connectivity index (χ4n) is 4.20. The van der Waals surface area contributed by atoms with Gasteiger partial charge in [-0.1, -0.05) is 68.8 Å². The lowest BCUT2D eigenvalue weighted by molar-refractivity contribution is -0.133. The molecule has 1 aliphatic heterocycles. The molecule has 1 fully saturated rings. The Kier molecular flexibility index (Phi) is 10.8. The van der Waals surface area contributed by atoms with Gasteiger partial charge in [0.15, 0.2) is 0 Å². The largest absolute Gasteiger partial charge is 0.340 e. The first-order chi connectivity index (χ1) is 15.9. The first-order valence-electron chi connectivity index (χ1n) is 12.5. The van der Waals surface area contributed by atoms with Gasteiger partial charge in [-0.05, 0) is 56.4 Å². The maximum Gasteiger partial charge on any atom is 0.222 e. The molecule has 0 spiro atoms. The van der Waals surface area contributed by atoms with Crippen molar-refractivity contribution in [2.75, 3.05) is 33.2 Å². The minimum Gasteiger partial charge on any atom is -0.340 e. The lowest BCUT2D eigenvalue weighted by Crippen LogP contribution is -2.56. The zero-order valence-electron chi connectivity index (χ0n) is 21.6. The molecule has 4 nitrogen and oxygen atoms in total. The van der Waals surface area contributed by atoms with E-state index in [0.29, 0.717) is 6.42 Å². The summed E-state index contributed by atoms with van der Waals surface area (Å²) in [5.41, 5.74) is 5.17. The van der Waals surface area contributed by atoms with E-state index >= 15 is 0 Å². The molecule has 1 amide bonds. The zero-order valence-corrected chi connectivity index (χ0v) is 21.6. The Morgan fingerprint density at radius 1 is 1.09 bits per heavy atom. The summed E-state index contributed by atoms with van der Waals surface area (Å²) >= 11 is 0. The number of aliphatic imine (C=N–C) groups is 1. The smallest absolute Gasteiger partial charge is 0.222 e. The number of carbonyl (C=O) groups is 1. The van der Waals surface area contributed by atoms with Crippen LogP contribution in [-0.4, -0.2) is 60.2 Å². The number of aryl methyl sites for hydroxylation is 1.